The van der Waals surface area contributed by atoms with Crippen molar-refractivity contribution in [2.45, 2.75) is 20.0 Å². The Morgan fingerprint density at radius 1 is 1.16 bits per heavy atom. The zero-order chi connectivity index (χ0) is 13.7. The first kappa shape index (κ1) is 13.5. The molecule has 0 fully saturated rings. The van der Waals surface area contributed by atoms with E-state index in [4.69, 9.17) is 21.6 Å². The molecule has 0 aliphatic rings. The summed E-state index contributed by atoms with van der Waals surface area (Å²) in [6.07, 6.45) is 0.390. The minimum Gasteiger partial charge on any atom is -0.487 e. The van der Waals surface area contributed by atoms with Gasteiger partial charge in [-0.3, -0.25) is 0 Å². The molecular weight excluding hydrogens is 258 g/mol. The quantitative estimate of drug-likeness (QED) is 0.831. The van der Waals surface area contributed by atoms with E-state index in [-0.39, 0.29) is 0 Å². The van der Waals surface area contributed by atoms with Crippen molar-refractivity contribution in [2.24, 2.45) is 0 Å². The van der Waals surface area contributed by atoms with E-state index < -0.39 is 0 Å². The topological polar surface area (TPSA) is 33.0 Å². The fourth-order valence-electron chi connectivity index (χ4n) is 1.83. The lowest BCUT2D eigenvalue weighted by Gasteiger charge is -2.11. The smallest absolute Gasteiger partial charge is 0.138 e. The molecule has 3 heteroatoms. The summed E-state index contributed by atoms with van der Waals surface area (Å²) in [5.74, 6) is 0.666. The second kappa shape index (κ2) is 6.26. The van der Waals surface area contributed by atoms with Crippen LogP contribution in [0.5, 0.6) is 5.75 Å². The Kier molecular flexibility index (Phi) is 4.43. The van der Waals surface area contributed by atoms with Gasteiger partial charge in [0.2, 0.25) is 0 Å². The second-order valence-corrected chi connectivity index (χ2v) is 4.73. The predicted molar refractivity (Wildman–Crippen MR) is 76.3 cm³/mol. The zero-order valence-electron chi connectivity index (χ0n) is 10.7. The maximum absolute atomic E-state index is 8.79. The van der Waals surface area contributed by atoms with E-state index in [1.165, 1.54) is 0 Å². The standard InChI is InChI=1S/C16H14ClNO/c1-12-6-7-16(15(17)10-12)19-11-14-5-3-2-4-13(14)8-9-18/h2-7,10H,8,11H2,1H3. The molecule has 2 nitrogen and oxygen atoms in total. The number of nitrogens with zero attached hydrogens (tertiary/aromatic N) is 1. The molecule has 0 aliphatic carbocycles. The summed E-state index contributed by atoms with van der Waals surface area (Å²) in [7, 11) is 0. The van der Waals surface area contributed by atoms with Crippen LogP contribution >= 0.6 is 11.6 Å². The third kappa shape index (κ3) is 3.49. The maximum atomic E-state index is 8.79. The van der Waals surface area contributed by atoms with Gasteiger partial charge in [-0.1, -0.05) is 41.9 Å². The van der Waals surface area contributed by atoms with Crippen molar-refractivity contribution in [3.8, 4) is 11.8 Å². The Balaban J connectivity index is 2.12. The SMILES string of the molecule is Cc1ccc(OCc2ccccc2CC#N)c(Cl)c1. The monoisotopic (exact) mass is 271 g/mol. The van der Waals surface area contributed by atoms with Gasteiger partial charge >= 0.3 is 0 Å². The maximum Gasteiger partial charge on any atom is 0.138 e. The molecule has 0 saturated carbocycles. The summed E-state index contributed by atoms with van der Waals surface area (Å²) < 4.78 is 5.72. The minimum absolute atomic E-state index is 0.390. The van der Waals surface area contributed by atoms with Gasteiger partial charge in [0.1, 0.15) is 12.4 Å². The van der Waals surface area contributed by atoms with Gasteiger partial charge in [0.05, 0.1) is 17.5 Å². The summed E-state index contributed by atoms with van der Waals surface area (Å²) in [5, 5.41) is 9.40. The van der Waals surface area contributed by atoms with Crippen LogP contribution in [0.4, 0.5) is 0 Å². The van der Waals surface area contributed by atoms with E-state index in [0.29, 0.717) is 23.8 Å². The van der Waals surface area contributed by atoms with Crippen molar-refractivity contribution in [1.82, 2.24) is 0 Å². The average Bonchev–Trinajstić information content (AvgIpc) is 2.40. The lowest BCUT2D eigenvalue weighted by atomic mass is 10.1. The van der Waals surface area contributed by atoms with Gasteiger partial charge in [0.25, 0.3) is 0 Å². The Morgan fingerprint density at radius 3 is 2.58 bits per heavy atom. The van der Waals surface area contributed by atoms with Crippen LogP contribution in [-0.2, 0) is 13.0 Å². The lowest BCUT2D eigenvalue weighted by Crippen LogP contribution is -2.00. The van der Waals surface area contributed by atoms with Gasteiger partial charge in [-0.05, 0) is 35.7 Å². The Labute approximate surface area is 118 Å². The lowest BCUT2D eigenvalue weighted by molar-refractivity contribution is 0.305. The molecule has 0 saturated heterocycles. The molecule has 2 rings (SSSR count). The number of benzene rings is 2. The number of ether oxygens (including phenoxy) is 1. The van der Waals surface area contributed by atoms with Crippen molar-refractivity contribution < 1.29 is 4.74 Å². The van der Waals surface area contributed by atoms with Gasteiger partial charge in [0.15, 0.2) is 0 Å². The molecule has 0 aromatic heterocycles. The summed E-state index contributed by atoms with van der Waals surface area (Å²) in [6.45, 7) is 2.40. The van der Waals surface area contributed by atoms with Crippen molar-refractivity contribution in [3.63, 3.8) is 0 Å². The first-order valence-electron chi connectivity index (χ1n) is 6.03. The Morgan fingerprint density at radius 2 is 1.89 bits per heavy atom. The summed E-state index contributed by atoms with van der Waals surface area (Å²) >= 11 is 6.12. The Bertz CT molecular complexity index is 616. The molecule has 0 heterocycles. The fraction of sp³-hybridized carbons (Fsp3) is 0.188. The van der Waals surface area contributed by atoms with Crippen LogP contribution in [0.25, 0.3) is 0 Å². The first-order valence-corrected chi connectivity index (χ1v) is 6.41. The fourth-order valence-corrected chi connectivity index (χ4v) is 2.12. The van der Waals surface area contributed by atoms with Crippen molar-refractivity contribution in [3.05, 3.63) is 64.2 Å². The van der Waals surface area contributed by atoms with Crippen molar-refractivity contribution >= 4 is 11.6 Å². The van der Waals surface area contributed by atoms with Crippen LogP contribution in [0.3, 0.4) is 0 Å². The number of aryl methyl sites for hydroxylation is 1. The van der Waals surface area contributed by atoms with Gasteiger partial charge in [-0.15, -0.1) is 0 Å². The molecule has 2 aromatic carbocycles. The van der Waals surface area contributed by atoms with E-state index in [2.05, 4.69) is 6.07 Å². The van der Waals surface area contributed by atoms with E-state index in [1.54, 1.807) is 0 Å². The number of rotatable bonds is 4. The molecule has 0 spiro atoms. The first-order chi connectivity index (χ1) is 9.20. The highest BCUT2D eigenvalue weighted by atomic mass is 35.5. The van der Waals surface area contributed by atoms with E-state index in [1.807, 2.05) is 49.4 Å². The molecule has 0 N–H and O–H groups in total. The second-order valence-electron chi connectivity index (χ2n) is 4.33. The average molecular weight is 272 g/mol. The largest absolute Gasteiger partial charge is 0.487 e. The molecule has 0 atom stereocenters. The van der Waals surface area contributed by atoms with Crippen LogP contribution in [0.1, 0.15) is 16.7 Å². The number of hydrogen-bond acceptors (Lipinski definition) is 2. The number of nitriles is 1. The Hall–Kier alpha value is -1.98. The summed E-state index contributed by atoms with van der Waals surface area (Å²) in [6, 6.07) is 15.6. The molecule has 0 bridgehead atoms. The van der Waals surface area contributed by atoms with Gasteiger partial charge in [-0.2, -0.15) is 5.26 Å². The molecular formula is C16H14ClNO. The molecule has 0 amide bonds. The third-order valence-electron chi connectivity index (χ3n) is 2.86. The van der Waals surface area contributed by atoms with Crippen molar-refractivity contribution in [1.29, 1.82) is 5.26 Å². The van der Waals surface area contributed by atoms with Crippen molar-refractivity contribution in [2.75, 3.05) is 0 Å². The normalized spacial score (nSPS) is 9.95. The van der Waals surface area contributed by atoms with Crippen LogP contribution in [-0.4, -0.2) is 0 Å². The highest BCUT2D eigenvalue weighted by Gasteiger charge is 2.05. The van der Waals surface area contributed by atoms with Crippen LogP contribution < -0.4 is 4.74 Å². The van der Waals surface area contributed by atoms with Gasteiger partial charge in [0, 0.05) is 0 Å². The highest BCUT2D eigenvalue weighted by molar-refractivity contribution is 6.32. The molecule has 19 heavy (non-hydrogen) atoms. The molecule has 2 aromatic rings. The zero-order valence-corrected chi connectivity index (χ0v) is 11.4. The summed E-state index contributed by atoms with van der Waals surface area (Å²) in [4.78, 5) is 0. The molecule has 0 radical (unpaired) electrons. The minimum atomic E-state index is 0.390. The van der Waals surface area contributed by atoms with Crippen LogP contribution in [0.15, 0.2) is 42.5 Å². The predicted octanol–water partition coefficient (Wildman–Crippen LogP) is 4.29. The van der Waals surface area contributed by atoms with E-state index in [9.17, 15) is 0 Å². The van der Waals surface area contributed by atoms with Gasteiger partial charge in [-0.25, -0.2) is 0 Å². The molecule has 96 valence electrons. The number of halogens is 1. The van der Waals surface area contributed by atoms with Gasteiger partial charge < -0.3 is 4.74 Å². The van der Waals surface area contributed by atoms with E-state index >= 15 is 0 Å². The van der Waals surface area contributed by atoms with Crippen LogP contribution in [0.2, 0.25) is 5.02 Å². The molecule has 0 unspecified atom stereocenters. The van der Waals surface area contributed by atoms with E-state index in [0.717, 1.165) is 16.7 Å². The number of hydrogen-bond donors (Lipinski definition) is 0. The highest BCUT2D eigenvalue weighted by Crippen LogP contribution is 2.26. The molecule has 0 aliphatic heterocycles. The van der Waals surface area contributed by atoms with Crippen LogP contribution in [0, 0.1) is 18.3 Å². The third-order valence-corrected chi connectivity index (χ3v) is 3.15. The summed E-state index contributed by atoms with van der Waals surface area (Å²) in [5.41, 5.74) is 3.11.